The Hall–Kier alpha value is -2.49. The van der Waals surface area contributed by atoms with Crippen molar-refractivity contribution in [3.63, 3.8) is 0 Å². The van der Waals surface area contributed by atoms with E-state index in [1.54, 1.807) is 11.0 Å². The molecule has 1 amide bonds. The number of nitrogens with zero attached hydrogens (tertiary/aromatic N) is 1. The molecule has 2 unspecified atom stereocenters. The first kappa shape index (κ1) is 17.9. The molecule has 0 spiro atoms. The van der Waals surface area contributed by atoms with Gasteiger partial charge in [-0.1, -0.05) is 44.7 Å². The minimum absolute atomic E-state index is 0.197. The number of para-hydroxylation sites is 1. The minimum atomic E-state index is -0.370. The number of allylic oxidation sites excluding steroid dienone is 2. The molecule has 2 atom stereocenters. The third kappa shape index (κ3) is 4.51. The first-order valence-electron chi connectivity index (χ1n) is 8.35. The number of hydrogen-bond donors (Lipinski definition) is 0. The molecule has 1 saturated heterocycles. The lowest BCUT2D eigenvalue weighted by atomic mass is 10.3. The summed E-state index contributed by atoms with van der Waals surface area (Å²) in [5.74, 6) is 1.23. The van der Waals surface area contributed by atoms with Gasteiger partial charge in [0.1, 0.15) is 11.5 Å². The summed E-state index contributed by atoms with van der Waals surface area (Å²) >= 11 is 0. The Labute approximate surface area is 144 Å². The topological polar surface area (TPSA) is 38.8 Å². The first-order chi connectivity index (χ1) is 11.7. The van der Waals surface area contributed by atoms with E-state index in [1.807, 2.05) is 36.4 Å². The van der Waals surface area contributed by atoms with Crippen LogP contribution in [-0.4, -0.2) is 23.3 Å². The fraction of sp³-hybridized carbons (Fsp3) is 0.350. The van der Waals surface area contributed by atoms with E-state index in [-0.39, 0.29) is 18.4 Å². The molecule has 128 valence electrons. The van der Waals surface area contributed by atoms with Crippen LogP contribution in [0.25, 0.3) is 0 Å². The second-order valence-corrected chi connectivity index (χ2v) is 5.58. The average molecular weight is 327 g/mol. The Bertz CT molecular complexity index is 594. The summed E-state index contributed by atoms with van der Waals surface area (Å²) in [7, 11) is 0. The highest BCUT2D eigenvalue weighted by Crippen LogP contribution is 2.29. The third-order valence-electron chi connectivity index (χ3n) is 3.83. The number of hydrogen-bond acceptors (Lipinski definition) is 3. The van der Waals surface area contributed by atoms with Crippen molar-refractivity contribution < 1.29 is 14.3 Å². The lowest BCUT2D eigenvalue weighted by Crippen LogP contribution is -2.44. The smallest absolute Gasteiger partial charge is 0.251 e. The molecular weight excluding hydrogens is 302 g/mol. The molecule has 0 aliphatic carbocycles. The van der Waals surface area contributed by atoms with Gasteiger partial charge in [0.05, 0.1) is 0 Å². The summed E-state index contributed by atoms with van der Waals surface area (Å²) in [4.78, 5) is 13.9. The predicted octanol–water partition coefficient (Wildman–Crippen LogP) is 4.41. The van der Waals surface area contributed by atoms with Crippen LogP contribution in [0.2, 0.25) is 0 Å². The zero-order valence-electron chi connectivity index (χ0n) is 14.2. The number of carbonyl (C=O) groups excluding carboxylic acids is 1. The quantitative estimate of drug-likeness (QED) is 0.403. The van der Waals surface area contributed by atoms with E-state index >= 15 is 0 Å². The zero-order valence-corrected chi connectivity index (χ0v) is 14.2. The molecule has 4 heteroatoms. The van der Waals surface area contributed by atoms with Gasteiger partial charge in [-0.3, -0.25) is 9.69 Å². The number of ether oxygens (including phenoxy) is 2. The summed E-state index contributed by atoms with van der Waals surface area (Å²) in [6.45, 7) is 9.48. The summed E-state index contributed by atoms with van der Waals surface area (Å²) in [5.41, 5.74) is 0. The van der Waals surface area contributed by atoms with E-state index in [0.29, 0.717) is 18.6 Å². The van der Waals surface area contributed by atoms with E-state index in [4.69, 9.17) is 9.47 Å². The van der Waals surface area contributed by atoms with Crippen LogP contribution in [0.1, 0.15) is 32.6 Å². The maximum atomic E-state index is 12.3. The van der Waals surface area contributed by atoms with Crippen molar-refractivity contribution >= 4 is 5.91 Å². The average Bonchev–Trinajstić information content (AvgIpc) is 3.00. The summed E-state index contributed by atoms with van der Waals surface area (Å²) in [6.07, 6.45) is 7.59. The SMILES string of the molecule is C=CC(=O)N1C(O/C(C=C)=C/CCC)CCC1Oc1ccccc1. The number of amides is 1. The van der Waals surface area contributed by atoms with Crippen molar-refractivity contribution in [1.29, 1.82) is 0 Å². The molecule has 1 aromatic rings. The highest BCUT2D eigenvalue weighted by molar-refractivity contribution is 5.87. The largest absolute Gasteiger partial charge is 0.471 e. The molecule has 0 radical (unpaired) electrons. The molecular formula is C20H25NO3. The van der Waals surface area contributed by atoms with Crippen LogP contribution < -0.4 is 4.74 Å². The van der Waals surface area contributed by atoms with Gasteiger partial charge >= 0.3 is 0 Å². The first-order valence-corrected chi connectivity index (χ1v) is 8.35. The standard InChI is InChI=1S/C20H25NO3/c1-4-7-11-16(5-2)23-19-14-15-20(21(19)18(22)6-3)24-17-12-9-8-10-13-17/h5-6,8-13,19-20H,2-4,7,14-15H2,1H3/b16-11+. The van der Waals surface area contributed by atoms with Crippen LogP contribution in [-0.2, 0) is 9.53 Å². The summed E-state index contributed by atoms with van der Waals surface area (Å²) < 4.78 is 12.0. The molecule has 1 aliphatic rings. The molecule has 1 aliphatic heterocycles. The van der Waals surface area contributed by atoms with Gasteiger partial charge in [0.15, 0.2) is 12.5 Å². The maximum absolute atomic E-state index is 12.3. The monoisotopic (exact) mass is 327 g/mol. The van der Waals surface area contributed by atoms with Gasteiger partial charge in [-0.2, -0.15) is 0 Å². The van der Waals surface area contributed by atoms with Crippen LogP contribution in [0.3, 0.4) is 0 Å². The number of unbranched alkanes of at least 4 members (excludes halogenated alkanes) is 1. The number of benzene rings is 1. The van der Waals surface area contributed by atoms with Gasteiger partial charge < -0.3 is 9.47 Å². The second kappa shape index (κ2) is 8.96. The van der Waals surface area contributed by atoms with Crippen molar-refractivity contribution in [2.24, 2.45) is 0 Å². The van der Waals surface area contributed by atoms with Gasteiger partial charge in [0.2, 0.25) is 0 Å². The predicted molar refractivity (Wildman–Crippen MR) is 95.2 cm³/mol. The van der Waals surface area contributed by atoms with Crippen LogP contribution in [0.5, 0.6) is 5.75 Å². The highest BCUT2D eigenvalue weighted by Gasteiger charge is 2.39. The highest BCUT2D eigenvalue weighted by atomic mass is 16.5. The van der Waals surface area contributed by atoms with E-state index in [0.717, 1.165) is 18.6 Å². The molecule has 1 heterocycles. The Balaban J connectivity index is 2.12. The van der Waals surface area contributed by atoms with Gasteiger partial charge in [0.25, 0.3) is 5.91 Å². The molecule has 0 aromatic heterocycles. The van der Waals surface area contributed by atoms with E-state index in [2.05, 4.69) is 20.1 Å². The molecule has 24 heavy (non-hydrogen) atoms. The molecule has 0 bridgehead atoms. The Morgan fingerprint density at radius 3 is 2.54 bits per heavy atom. The number of carbonyl (C=O) groups is 1. The minimum Gasteiger partial charge on any atom is -0.471 e. The Morgan fingerprint density at radius 2 is 1.92 bits per heavy atom. The third-order valence-corrected chi connectivity index (χ3v) is 3.83. The van der Waals surface area contributed by atoms with Crippen LogP contribution in [0, 0.1) is 0 Å². The van der Waals surface area contributed by atoms with Crippen LogP contribution in [0.15, 0.2) is 67.5 Å². The van der Waals surface area contributed by atoms with E-state index in [9.17, 15) is 4.79 Å². The zero-order chi connectivity index (χ0) is 17.4. The normalized spacial score (nSPS) is 20.5. The maximum Gasteiger partial charge on any atom is 0.251 e. The van der Waals surface area contributed by atoms with Crippen molar-refractivity contribution in [2.75, 3.05) is 0 Å². The fourth-order valence-corrected chi connectivity index (χ4v) is 2.65. The van der Waals surface area contributed by atoms with Crippen molar-refractivity contribution in [2.45, 2.75) is 45.1 Å². The molecule has 4 nitrogen and oxygen atoms in total. The Morgan fingerprint density at radius 1 is 1.21 bits per heavy atom. The number of likely N-dealkylation sites (tertiary alicyclic amines) is 1. The van der Waals surface area contributed by atoms with Crippen molar-refractivity contribution in [3.05, 3.63) is 67.5 Å². The van der Waals surface area contributed by atoms with Crippen molar-refractivity contribution in [3.8, 4) is 5.75 Å². The fourth-order valence-electron chi connectivity index (χ4n) is 2.65. The molecule has 0 N–H and O–H groups in total. The van der Waals surface area contributed by atoms with Crippen LogP contribution >= 0.6 is 0 Å². The van der Waals surface area contributed by atoms with Crippen molar-refractivity contribution in [1.82, 2.24) is 4.90 Å². The van der Waals surface area contributed by atoms with Gasteiger partial charge in [0, 0.05) is 12.8 Å². The Kier molecular flexibility index (Phi) is 6.67. The van der Waals surface area contributed by atoms with Gasteiger partial charge in [-0.15, -0.1) is 0 Å². The van der Waals surface area contributed by atoms with Gasteiger partial charge in [-0.25, -0.2) is 0 Å². The molecule has 1 fully saturated rings. The number of rotatable bonds is 8. The summed E-state index contributed by atoms with van der Waals surface area (Å²) in [5, 5.41) is 0. The second-order valence-electron chi connectivity index (χ2n) is 5.58. The lowest BCUT2D eigenvalue weighted by Gasteiger charge is -2.29. The molecule has 2 rings (SSSR count). The molecule has 0 saturated carbocycles. The lowest BCUT2D eigenvalue weighted by molar-refractivity contribution is -0.143. The van der Waals surface area contributed by atoms with Gasteiger partial charge in [-0.05, 0) is 36.8 Å². The van der Waals surface area contributed by atoms with E-state index in [1.165, 1.54) is 6.08 Å². The molecule has 1 aromatic carbocycles. The summed E-state index contributed by atoms with van der Waals surface area (Å²) in [6, 6.07) is 9.49. The van der Waals surface area contributed by atoms with E-state index < -0.39 is 0 Å². The van der Waals surface area contributed by atoms with Crippen LogP contribution in [0.4, 0.5) is 0 Å².